The Morgan fingerprint density at radius 3 is 3.15 bits per heavy atom. The van der Waals surface area contributed by atoms with Crippen LogP contribution in [0.5, 0.6) is 0 Å². The molecule has 13 heavy (non-hydrogen) atoms. The summed E-state index contributed by atoms with van der Waals surface area (Å²) in [7, 11) is 0. The van der Waals surface area contributed by atoms with Crippen LogP contribution in [0, 0.1) is 6.92 Å². The maximum atomic E-state index is 10.2. The zero-order valence-corrected chi connectivity index (χ0v) is 7.16. The van der Waals surface area contributed by atoms with Crippen LogP contribution in [0.15, 0.2) is 18.3 Å². The molecular weight excluding hydrogens is 166 g/mol. The van der Waals surface area contributed by atoms with E-state index in [0.717, 1.165) is 22.2 Å². The van der Waals surface area contributed by atoms with Crippen molar-refractivity contribution in [3.63, 3.8) is 0 Å². The summed E-state index contributed by atoms with van der Waals surface area (Å²) in [5.41, 5.74) is 2.87. The second-order valence-corrected chi connectivity index (χ2v) is 2.89. The van der Waals surface area contributed by atoms with E-state index >= 15 is 0 Å². The first kappa shape index (κ1) is 7.79. The summed E-state index contributed by atoms with van der Waals surface area (Å²) < 4.78 is 0. The highest BCUT2D eigenvalue weighted by Crippen LogP contribution is 2.20. The third kappa shape index (κ3) is 1.26. The van der Waals surface area contributed by atoms with Gasteiger partial charge in [-0.2, -0.15) is 5.10 Å². The van der Waals surface area contributed by atoms with Crippen LogP contribution in [0.4, 0.5) is 5.69 Å². The second-order valence-electron chi connectivity index (χ2n) is 2.89. The van der Waals surface area contributed by atoms with Crippen LogP contribution in [0.25, 0.3) is 10.9 Å². The van der Waals surface area contributed by atoms with Crippen molar-refractivity contribution < 1.29 is 4.79 Å². The quantitative estimate of drug-likeness (QED) is 0.678. The number of carbonyl (C=O) groups excluding carboxylic acids is 1. The molecule has 1 amide bonds. The van der Waals surface area contributed by atoms with Crippen LogP contribution < -0.4 is 5.32 Å². The van der Waals surface area contributed by atoms with Crippen LogP contribution in [-0.2, 0) is 4.79 Å². The molecule has 0 bridgehead atoms. The lowest BCUT2D eigenvalue weighted by Gasteiger charge is -2.00. The number of hydrogen-bond donors (Lipinski definition) is 2. The molecule has 4 heteroatoms. The van der Waals surface area contributed by atoms with Crippen LogP contribution >= 0.6 is 0 Å². The van der Waals surface area contributed by atoms with Gasteiger partial charge in [-0.05, 0) is 24.6 Å². The van der Waals surface area contributed by atoms with Gasteiger partial charge in [0.1, 0.15) is 0 Å². The zero-order valence-electron chi connectivity index (χ0n) is 7.16. The van der Waals surface area contributed by atoms with Crippen molar-refractivity contribution in [2.45, 2.75) is 6.92 Å². The van der Waals surface area contributed by atoms with Gasteiger partial charge < -0.3 is 5.32 Å². The molecule has 2 rings (SSSR count). The number of aromatic amines is 1. The Balaban J connectivity index is 2.62. The largest absolute Gasteiger partial charge is 0.329 e. The van der Waals surface area contributed by atoms with Crippen molar-refractivity contribution >= 4 is 23.0 Å². The number of anilines is 1. The molecule has 2 aromatic rings. The minimum atomic E-state index is 0.667. The third-order valence-corrected chi connectivity index (χ3v) is 1.97. The molecule has 1 heterocycles. The lowest BCUT2D eigenvalue weighted by atomic mass is 10.1. The summed E-state index contributed by atoms with van der Waals surface area (Å²) in [5, 5.41) is 10.4. The van der Waals surface area contributed by atoms with Gasteiger partial charge in [-0.3, -0.25) is 9.89 Å². The smallest absolute Gasteiger partial charge is 0.211 e. The number of rotatable bonds is 2. The van der Waals surface area contributed by atoms with E-state index in [1.807, 2.05) is 19.1 Å². The fourth-order valence-corrected chi connectivity index (χ4v) is 1.39. The van der Waals surface area contributed by atoms with Crippen LogP contribution in [0.1, 0.15) is 5.56 Å². The number of H-pyrrole nitrogens is 1. The summed E-state index contributed by atoms with van der Waals surface area (Å²) in [6.07, 6.45) is 2.40. The topological polar surface area (TPSA) is 57.8 Å². The first-order chi connectivity index (χ1) is 6.31. The number of amides is 1. The lowest BCUT2D eigenvalue weighted by Crippen LogP contribution is -1.93. The molecule has 0 aliphatic rings. The fraction of sp³-hybridized carbons (Fsp3) is 0.111. The predicted octanol–water partition coefficient (Wildman–Crippen LogP) is 1.44. The molecule has 0 aliphatic heterocycles. The molecule has 1 aromatic carbocycles. The molecule has 0 spiro atoms. The predicted molar refractivity (Wildman–Crippen MR) is 50.5 cm³/mol. The number of aryl methyl sites for hydroxylation is 1. The van der Waals surface area contributed by atoms with Crippen molar-refractivity contribution in [3.05, 3.63) is 23.9 Å². The summed E-state index contributed by atoms with van der Waals surface area (Å²) in [5.74, 6) is 0. The van der Waals surface area contributed by atoms with E-state index in [4.69, 9.17) is 0 Å². The number of nitrogens with zero attached hydrogens (tertiary/aromatic N) is 1. The number of hydrogen-bond acceptors (Lipinski definition) is 2. The zero-order chi connectivity index (χ0) is 9.26. The van der Waals surface area contributed by atoms with E-state index in [1.165, 1.54) is 0 Å². The number of nitrogens with one attached hydrogen (secondary N) is 2. The molecule has 1 aromatic heterocycles. The average molecular weight is 175 g/mol. The highest BCUT2D eigenvalue weighted by Gasteiger charge is 2.01. The van der Waals surface area contributed by atoms with Gasteiger partial charge in [0.15, 0.2) is 0 Å². The van der Waals surface area contributed by atoms with E-state index in [9.17, 15) is 4.79 Å². The van der Waals surface area contributed by atoms with Crippen LogP contribution in [-0.4, -0.2) is 16.6 Å². The number of aromatic nitrogens is 2. The van der Waals surface area contributed by atoms with Crippen LogP contribution in [0.3, 0.4) is 0 Å². The summed E-state index contributed by atoms with van der Waals surface area (Å²) in [4.78, 5) is 10.2. The highest BCUT2D eigenvalue weighted by molar-refractivity contribution is 5.87. The standard InChI is InChI=1S/C9H9N3O/c1-6-2-8(10-5-13)3-7-4-11-12-9(6)7/h2-5H,1H3,(H,10,13)(H,11,12). The first-order valence-electron chi connectivity index (χ1n) is 3.95. The molecule has 0 atom stereocenters. The molecule has 66 valence electrons. The molecule has 0 unspecified atom stereocenters. The fourth-order valence-electron chi connectivity index (χ4n) is 1.39. The Bertz CT molecular complexity index is 447. The van der Waals surface area contributed by atoms with Gasteiger partial charge >= 0.3 is 0 Å². The van der Waals surface area contributed by atoms with E-state index < -0.39 is 0 Å². The molecule has 4 nitrogen and oxygen atoms in total. The van der Waals surface area contributed by atoms with Crippen LogP contribution in [0.2, 0.25) is 0 Å². The Labute approximate surface area is 75.0 Å². The SMILES string of the molecule is Cc1cc(NC=O)cc2cn[nH]c12. The minimum absolute atomic E-state index is 0.667. The van der Waals surface area contributed by atoms with Gasteiger partial charge in [0, 0.05) is 11.1 Å². The Morgan fingerprint density at radius 1 is 1.54 bits per heavy atom. The minimum Gasteiger partial charge on any atom is -0.329 e. The van der Waals surface area contributed by atoms with Crippen molar-refractivity contribution in [2.24, 2.45) is 0 Å². The van der Waals surface area contributed by atoms with Gasteiger partial charge in [-0.25, -0.2) is 0 Å². The van der Waals surface area contributed by atoms with E-state index in [-0.39, 0.29) is 0 Å². The number of benzene rings is 1. The Morgan fingerprint density at radius 2 is 2.38 bits per heavy atom. The molecule has 0 saturated heterocycles. The molecule has 0 aliphatic carbocycles. The van der Waals surface area contributed by atoms with Crippen molar-refractivity contribution in [1.82, 2.24) is 10.2 Å². The second kappa shape index (κ2) is 2.90. The Kier molecular flexibility index (Phi) is 1.73. The van der Waals surface area contributed by atoms with Gasteiger partial charge in [-0.1, -0.05) is 0 Å². The summed E-state index contributed by atoms with van der Waals surface area (Å²) in [6.45, 7) is 1.97. The normalized spacial score (nSPS) is 10.2. The van der Waals surface area contributed by atoms with Gasteiger partial charge in [0.05, 0.1) is 11.7 Å². The van der Waals surface area contributed by atoms with Gasteiger partial charge in [0.25, 0.3) is 0 Å². The van der Waals surface area contributed by atoms with E-state index in [0.29, 0.717) is 6.41 Å². The van der Waals surface area contributed by atoms with Gasteiger partial charge in [0.2, 0.25) is 6.41 Å². The van der Waals surface area contributed by atoms with E-state index in [2.05, 4.69) is 15.5 Å². The molecule has 0 fully saturated rings. The maximum Gasteiger partial charge on any atom is 0.211 e. The van der Waals surface area contributed by atoms with Crippen molar-refractivity contribution in [2.75, 3.05) is 5.32 Å². The number of carbonyl (C=O) groups is 1. The molecule has 2 N–H and O–H groups in total. The third-order valence-electron chi connectivity index (χ3n) is 1.97. The molecule has 0 saturated carbocycles. The Hall–Kier alpha value is -1.84. The lowest BCUT2D eigenvalue weighted by molar-refractivity contribution is -0.105. The monoisotopic (exact) mass is 175 g/mol. The highest BCUT2D eigenvalue weighted by atomic mass is 16.1. The van der Waals surface area contributed by atoms with Crippen molar-refractivity contribution in [3.8, 4) is 0 Å². The maximum absolute atomic E-state index is 10.2. The molecular formula is C9H9N3O. The van der Waals surface area contributed by atoms with E-state index in [1.54, 1.807) is 6.20 Å². The first-order valence-corrected chi connectivity index (χ1v) is 3.95. The summed E-state index contributed by atoms with van der Waals surface area (Å²) >= 11 is 0. The average Bonchev–Trinajstić information content (AvgIpc) is 2.53. The number of fused-ring (bicyclic) bond motifs is 1. The summed E-state index contributed by atoms with van der Waals surface area (Å²) in [6, 6.07) is 3.77. The molecule has 0 radical (unpaired) electrons. The van der Waals surface area contributed by atoms with Crippen molar-refractivity contribution in [1.29, 1.82) is 0 Å². The van der Waals surface area contributed by atoms with Gasteiger partial charge in [-0.15, -0.1) is 0 Å².